The van der Waals surface area contributed by atoms with Crippen LogP contribution in [0.1, 0.15) is 0 Å². The highest BCUT2D eigenvalue weighted by Gasteiger charge is 2.41. The summed E-state index contributed by atoms with van der Waals surface area (Å²) in [6, 6.07) is 0. The molecule has 1 N–H and O–H groups in total. The van der Waals surface area contributed by atoms with Crippen LogP contribution in [0.15, 0.2) is 10.2 Å². The summed E-state index contributed by atoms with van der Waals surface area (Å²) in [6.07, 6.45) is 2.34. The monoisotopic (exact) mass is 167 g/mol. The van der Waals surface area contributed by atoms with Gasteiger partial charge in [-0.1, -0.05) is 0 Å². The minimum absolute atomic E-state index is 0.139. The molecule has 63 valence electrons. The number of fused-ring (bicyclic) bond motifs is 3. The van der Waals surface area contributed by atoms with E-state index in [0.717, 1.165) is 11.9 Å². The van der Waals surface area contributed by atoms with Gasteiger partial charge in [-0.2, -0.15) is 10.2 Å². The smallest absolute Gasteiger partial charge is 0.202 e. The second-order valence-electron chi connectivity index (χ2n) is 2.63. The van der Waals surface area contributed by atoms with E-state index < -0.39 is 0 Å². The number of nitrogens with zero attached hydrogens (tertiary/aromatic N) is 3. The summed E-state index contributed by atoms with van der Waals surface area (Å²) in [7, 11) is 0. The third-order valence-corrected chi connectivity index (χ3v) is 1.93. The standard InChI is InChI=1S/C6H7N4O2/c1-4-5(12-3-11-4)6-9-7-2-10(6)8-1/h1,4,7H,2-3H2. The lowest BCUT2D eigenvalue weighted by Crippen LogP contribution is -2.38. The Kier molecular flexibility index (Phi) is 1.16. The van der Waals surface area contributed by atoms with E-state index in [1.807, 2.05) is 0 Å². The average Bonchev–Trinajstić information content (AvgIpc) is 2.71. The largest absolute Gasteiger partial charge is 0.343 e. The quantitative estimate of drug-likeness (QED) is 0.506. The molecule has 12 heavy (non-hydrogen) atoms. The molecule has 0 aliphatic carbocycles. The van der Waals surface area contributed by atoms with Crippen LogP contribution in [-0.4, -0.2) is 36.6 Å². The summed E-state index contributed by atoms with van der Waals surface area (Å²) in [5.41, 5.74) is 2.82. The number of hydrogen-bond acceptors (Lipinski definition) is 6. The second kappa shape index (κ2) is 2.18. The van der Waals surface area contributed by atoms with Crippen molar-refractivity contribution >= 4 is 12.1 Å². The second-order valence-corrected chi connectivity index (χ2v) is 2.63. The van der Waals surface area contributed by atoms with Crippen LogP contribution in [0.5, 0.6) is 0 Å². The Morgan fingerprint density at radius 2 is 2.67 bits per heavy atom. The predicted molar refractivity (Wildman–Crippen MR) is 39.8 cm³/mol. The zero-order chi connectivity index (χ0) is 7.97. The van der Waals surface area contributed by atoms with Gasteiger partial charge < -0.3 is 9.47 Å². The number of rotatable bonds is 0. The molecule has 6 heteroatoms. The third kappa shape index (κ3) is 0.705. The van der Waals surface area contributed by atoms with Crippen LogP contribution < -0.4 is 5.43 Å². The highest BCUT2D eigenvalue weighted by Crippen LogP contribution is 2.26. The molecule has 0 aromatic heterocycles. The first kappa shape index (κ1) is 6.38. The normalized spacial score (nSPS) is 32.8. The number of amidine groups is 1. The molecule has 0 bridgehead atoms. The summed E-state index contributed by atoms with van der Waals surface area (Å²) in [6.45, 7) is 0.893. The van der Waals surface area contributed by atoms with Crippen LogP contribution in [0.2, 0.25) is 0 Å². The molecule has 0 aromatic carbocycles. The fraction of sp³-hybridized carbons (Fsp3) is 0.500. The lowest BCUT2D eigenvalue weighted by atomic mass is 10.2. The third-order valence-electron chi connectivity index (χ3n) is 1.93. The molecule has 0 spiro atoms. The summed E-state index contributed by atoms with van der Waals surface area (Å²) < 4.78 is 10.5. The van der Waals surface area contributed by atoms with Gasteiger partial charge in [0.15, 0.2) is 5.84 Å². The van der Waals surface area contributed by atoms with Crippen molar-refractivity contribution in [1.82, 2.24) is 10.4 Å². The molecule has 1 radical (unpaired) electrons. The van der Waals surface area contributed by atoms with Crippen molar-refractivity contribution in [3.63, 3.8) is 0 Å². The molecule has 3 aliphatic heterocycles. The Balaban J connectivity index is 1.98. The topological polar surface area (TPSA) is 58.5 Å². The van der Waals surface area contributed by atoms with Crippen LogP contribution in [-0.2, 0) is 9.47 Å². The van der Waals surface area contributed by atoms with Crippen molar-refractivity contribution < 1.29 is 9.47 Å². The van der Waals surface area contributed by atoms with Gasteiger partial charge in [-0.3, -0.25) is 5.43 Å². The SMILES string of the molecule is C1=NN2CNN=C2[C]2OCOC12. The number of ether oxygens (including phenoxy) is 2. The zero-order valence-electron chi connectivity index (χ0n) is 6.23. The predicted octanol–water partition coefficient (Wildman–Crippen LogP) is -0.933. The molecule has 1 atom stereocenters. The minimum Gasteiger partial charge on any atom is -0.343 e. The lowest BCUT2D eigenvalue weighted by Gasteiger charge is -2.22. The number of nitrogens with one attached hydrogen (secondary N) is 1. The molecule has 0 saturated carbocycles. The van der Waals surface area contributed by atoms with E-state index in [-0.39, 0.29) is 6.10 Å². The van der Waals surface area contributed by atoms with Crippen LogP contribution in [0.3, 0.4) is 0 Å². The fourth-order valence-electron chi connectivity index (χ4n) is 1.36. The van der Waals surface area contributed by atoms with E-state index in [4.69, 9.17) is 9.47 Å². The van der Waals surface area contributed by atoms with E-state index in [1.54, 1.807) is 11.2 Å². The van der Waals surface area contributed by atoms with Gasteiger partial charge in [0.05, 0.1) is 6.21 Å². The van der Waals surface area contributed by atoms with Crippen LogP contribution in [0.25, 0.3) is 0 Å². The van der Waals surface area contributed by atoms with Gasteiger partial charge in [-0.25, -0.2) is 5.01 Å². The molecule has 1 fully saturated rings. The van der Waals surface area contributed by atoms with Crippen LogP contribution in [0, 0.1) is 6.10 Å². The van der Waals surface area contributed by atoms with Gasteiger partial charge in [-0.05, 0) is 0 Å². The zero-order valence-corrected chi connectivity index (χ0v) is 6.23. The molecular formula is C6H7N4O2. The molecule has 0 aromatic rings. The Morgan fingerprint density at radius 1 is 1.67 bits per heavy atom. The van der Waals surface area contributed by atoms with Gasteiger partial charge in [0.1, 0.15) is 19.6 Å². The van der Waals surface area contributed by atoms with E-state index in [9.17, 15) is 0 Å². The average molecular weight is 167 g/mol. The van der Waals surface area contributed by atoms with Crippen LogP contribution >= 0.6 is 0 Å². The van der Waals surface area contributed by atoms with E-state index in [1.165, 1.54) is 0 Å². The maximum absolute atomic E-state index is 5.26. The fourth-order valence-corrected chi connectivity index (χ4v) is 1.36. The molecule has 0 amide bonds. The van der Waals surface area contributed by atoms with Gasteiger partial charge in [0.25, 0.3) is 0 Å². The number of hydrogen-bond donors (Lipinski definition) is 1. The van der Waals surface area contributed by atoms with Crippen molar-refractivity contribution in [2.45, 2.75) is 6.10 Å². The highest BCUT2D eigenvalue weighted by atomic mass is 16.7. The van der Waals surface area contributed by atoms with Gasteiger partial charge in [0.2, 0.25) is 6.10 Å². The van der Waals surface area contributed by atoms with Crippen molar-refractivity contribution in [3.8, 4) is 0 Å². The Hall–Kier alpha value is -1.14. The summed E-state index contributed by atoms with van der Waals surface area (Å²) in [5.74, 6) is 0.736. The van der Waals surface area contributed by atoms with Crippen LogP contribution in [0.4, 0.5) is 0 Å². The summed E-state index contributed by atoms with van der Waals surface area (Å²) in [5, 5.41) is 9.90. The molecule has 6 nitrogen and oxygen atoms in total. The Morgan fingerprint density at radius 3 is 3.67 bits per heavy atom. The van der Waals surface area contributed by atoms with Crippen molar-refractivity contribution in [1.29, 1.82) is 0 Å². The molecule has 3 rings (SSSR count). The van der Waals surface area contributed by atoms with E-state index >= 15 is 0 Å². The van der Waals surface area contributed by atoms with E-state index in [0.29, 0.717) is 13.5 Å². The maximum atomic E-state index is 5.26. The summed E-state index contributed by atoms with van der Waals surface area (Å²) in [4.78, 5) is 0. The van der Waals surface area contributed by atoms with Gasteiger partial charge >= 0.3 is 0 Å². The number of hydrazone groups is 2. The molecule has 1 unspecified atom stereocenters. The van der Waals surface area contributed by atoms with Crippen molar-refractivity contribution in [3.05, 3.63) is 6.10 Å². The first-order chi connectivity index (χ1) is 5.95. The summed E-state index contributed by atoms with van der Waals surface area (Å²) >= 11 is 0. The molecule has 3 aliphatic rings. The molecular weight excluding hydrogens is 160 g/mol. The first-order valence-corrected chi connectivity index (χ1v) is 3.69. The first-order valence-electron chi connectivity index (χ1n) is 3.69. The Labute approximate surface area is 68.8 Å². The maximum Gasteiger partial charge on any atom is 0.202 e. The molecule has 1 saturated heterocycles. The van der Waals surface area contributed by atoms with Gasteiger partial charge in [0, 0.05) is 0 Å². The van der Waals surface area contributed by atoms with Gasteiger partial charge in [-0.15, -0.1) is 0 Å². The lowest BCUT2D eigenvalue weighted by molar-refractivity contribution is 0.0654. The van der Waals surface area contributed by atoms with Crippen molar-refractivity contribution in [2.24, 2.45) is 10.2 Å². The minimum atomic E-state index is -0.139. The van der Waals surface area contributed by atoms with E-state index in [2.05, 4.69) is 15.6 Å². The molecule has 3 heterocycles. The van der Waals surface area contributed by atoms with Crippen molar-refractivity contribution in [2.75, 3.05) is 13.5 Å². The highest BCUT2D eigenvalue weighted by molar-refractivity contribution is 6.00. The Bertz CT molecular complexity index is 264.